The summed E-state index contributed by atoms with van der Waals surface area (Å²) in [5.74, 6) is 0.516. The summed E-state index contributed by atoms with van der Waals surface area (Å²) in [7, 11) is 1.61. The number of ether oxygens (including phenoxy) is 2. The van der Waals surface area contributed by atoms with Crippen molar-refractivity contribution in [3.8, 4) is 5.75 Å². The van der Waals surface area contributed by atoms with Gasteiger partial charge in [-0.15, -0.1) is 0 Å². The van der Waals surface area contributed by atoms with Crippen LogP contribution in [0.25, 0.3) is 0 Å². The van der Waals surface area contributed by atoms with Gasteiger partial charge in [-0.2, -0.15) is 0 Å². The van der Waals surface area contributed by atoms with Crippen LogP contribution in [0.2, 0.25) is 0 Å². The third kappa shape index (κ3) is 6.43. The molecule has 0 aliphatic rings. The average Bonchev–Trinajstić information content (AvgIpc) is 2.63. The molecule has 0 spiro atoms. The largest absolute Gasteiger partial charge is 0.491 e. The molecule has 6 heteroatoms. The second-order valence-corrected chi connectivity index (χ2v) is 5.56. The van der Waals surface area contributed by atoms with Gasteiger partial charge in [-0.1, -0.05) is 12.1 Å². The van der Waals surface area contributed by atoms with Crippen LogP contribution in [0.4, 0.5) is 0 Å². The lowest BCUT2D eigenvalue weighted by Crippen LogP contribution is -2.25. The minimum absolute atomic E-state index is 0.00294. The molecular formula is C19H24N2O4. The van der Waals surface area contributed by atoms with Gasteiger partial charge in [0.05, 0.1) is 6.61 Å². The molecule has 0 unspecified atom stereocenters. The van der Waals surface area contributed by atoms with Crippen molar-refractivity contribution in [2.75, 3.05) is 26.9 Å². The van der Waals surface area contributed by atoms with Crippen molar-refractivity contribution in [3.63, 3.8) is 0 Å². The lowest BCUT2D eigenvalue weighted by Gasteiger charge is -2.09. The number of aromatic nitrogens is 1. The first-order valence-electron chi connectivity index (χ1n) is 8.36. The van der Waals surface area contributed by atoms with Crippen LogP contribution in [0.15, 0.2) is 53.5 Å². The molecule has 2 rings (SSSR count). The van der Waals surface area contributed by atoms with E-state index in [9.17, 15) is 9.59 Å². The predicted octanol–water partition coefficient (Wildman–Crippen LogP) is 2.08. The molecule has 2 aromatic rings. The molecule has 0 bridgehead atoms. The lowest BCUT2D eigenvalue weighted by molar-refractivity contribution is 0.0952. The van der Waals surface area contributed by atoms with Crippen molar-refractivity contribution < 1.29 is 14.3 Å². The summed E-state index contributed by atoms with van der Waals surface area (Å²) in [4.78, 5) is 23.7. The Morgan fingerprint density at radius 2 is 2.00 bits per heavy atom. The van der Waals surface area contributed by atoms with E-state index in [1.54, 1.807) is 48.2 Å². The second kappa shape index (κ2) is 10.3. The number of hydrogen-bond acceptors (Lipinski definition) is 4. The Hall–Kier alpha value is -2.60. The smallest absolute Gasteiger partial charge is 0.251 e. The van der Waals surface area contributed by atoms with Gasteiger partial charge < -0.3 is 19.4 Å². The molecule has 0 radical (unpaired) electrons. The van der Waals surface area contributed by atoms with Gasteiger partial charge in [0.1, 0.15) is 12.4 Å². The summed E-state index contributed by atoms with van der Waals surface area (Å²) in [6.07, 6.45) is 3.40. The normalized spacial score (nSPS) is 10.4. The van der Waals surface area contributed by atoms with Crippen LogP contribution in [-0.4, -0.2) is 37.3 Å². The summed E-state index contributed by atoms with van der Waals surface area (Å²) >= 11 is 0. The molecule has 0 saturated carbocycles. The predicted molar refractivity (Wildman–Crippen MR) is 96.1 cm³/mol. The SMILES string of the molecule is COCCOc1cccc(C(=O)NCCCCn2ccccc2=O)c1. The van der Waals surface area contributed by atoms with E-state index in [4.69, 9.17) is 9.47 Å². The number of carbonyl (C=O) groups excluding carboxylic acids is 1. The zero-order valence-corrected chi connectivity index (χ0v) is 14.4. The molecule has 1 aromatic carbocycles. The van der Waals surface area contributed by atoms with E-state index in [1.807, 2.05) is 12.1 Å². The van der Waals surface area contributed by atoms with Gasteiger partial charge in [0.2, 0.25) is 5.56 Å². The summed E-state index contributed by atoms with van der Waals surface area (Å²) in [6, 6.07) is 12.2. The number of amides is 1. The standard InChI is InChI=1S/C19H24N2O4/c1-24-13-14-25-17-8-6-7-16(15-17)19(23)20-10-3-5-12-21-11-4-2-9-18(21)22/h2,4,6-9,11,15H,3,5,10,12-14H2,1H3,(H,20,23). The van der Waals surface area contributed by atoms with E-state index in [-0.39, 0.29) is 11.5 Å². The molecule has 0 saturated heterocycles. The summed E-state index contributed by atoms with van der Waals surface area (Å²) in [5, 5.41) is 2.89. The Balaban J connectivity index is 1.72. The van der Waals surface area contributed by atoms with E-state index in [2.05, 4.69) is 5.32 Å². The highest BCUT2D eigenvalue weighted by atomic mass is 16.5. The first-order chi connectivity index (χ1) is 12.2. The number of aryl methyl sites for hydroxylation is 1. The van der Waals surface area contributed by atoms with Crippen LogP contribution in [0, 0.1) is 0 Å². The highest BCUT2D eigenvalue weighted by Crippen LogP contribution is 2.13. The van der Waals surface area contributed by atoms with Gasteiger partial charge in [0, 0.05) is 38.0 Å². The Labute approximate surface area is 147 Å². The van der Waals surface area contributed by atoms with Gasteiger partial charge in [0.25, 0.3) is 5.91 Å². The number of nitrogens with one attached hydrogen (secondary N) is 1. The number of methoxy groups -OCH3 is 1. The summed E-state index contributed by atoms with van der Waals surface area (Å²) < 4.78 is 12.1. The molecule has 1 aromatic heterocycles. The second-order valence-electron chi connectivity index (χ2n) is 5.56. The maximum absolute atomic E-state index is 12.2. The van der Waals surface area contributed by atoms with Crippen LogP contribution >= 0.6 is 0 Å². The van der Waals surface area contributed by atoms with Crippen molar-refractivity contribution in [3.05, 3.63) is 64.6 Å². The van der Waals surface area contributed by atoms with E-state index < -0.39 is 0 Å². The highest BCUT2D eigenvalue weighted by molar-refractivity contribution is 5.94. The number of pyridine rings is 1. The first-order valence-corrected chi connectivity index (χ1v) is 8.36. The Morgan fingerprint density at radius 3 is 2.80 bits per heavy atom. The minimum Gasteiger partial charge on any atom is -0.491 e. The average molecular weight is 344 g/mol. The molecule has 0 aliphatic carbocycles. The Kier molecular flexibility index (Phi) is 7.72. The number of rotatable bonds is 10. The quantitative estimate of drug-likeness (QED) is 0.670. The van der Waals surface area contributed by atoms with Crippen LogP contribution in [-0.2, 0) is 11.3 Å². The van der Waals surface area contributed by atoms with Gasteiger partial charge in [-0.25, -0.2) is 0 Å². The maximum Gasteiger partial charge on any atom is 0.251 e. The van der Waals surface area contributed by atoms with Crippen LogP contribution in [0.5, 0.6) is 5.75 Å². The summed E-state index contributed by atoms with van der Waals surface area (Å²) in [6.45, 7) is 2.16. The molecule has 6 nitrogen and oxygen atoms in total. The number of nitrogens with zero attached hydrogens (tertiary/aromatic N) is 1. The van der Waals surface area contributed by atoms with Crippen molar-refractivity contribution >= 4 is 5.91 Å². The van der Waals surface area contributed by atoms with E-state index in [1.165, 1.54) is 0 Å². The molecule has 134 valence electrons. The number of unbranched alkanes of at least 4 members (excludes halogenated alkanes) is 1. The molecule has 0 aliphatic heterocycles. The number of benzene rings is 1. The van der Waals surface area contributed by atoms with Crippen molar-refractivity contribution in [2.24, 2.45) is 0 Å². The van der Waals surface area contributed by atoms with Crippen LogP contribution < -0.4 is 15.6 Å². The molecule has 1 amide bonds. The highest BCUT2D eigenvalue weighted by Gasteiger charge is 2.06. The van der Waals surface area contributed by atoms with Crippen molar-refractivity contribution in [1.29, 1.82) is 0 Å². The van der Waals surface area contributed by atoms with Gasteiger partial charge in [-0.3, -0.25) is 9.59 Å². The molecule has 1 heterocycles. The molecule has 25 heavy (non-hydrogen) atoms. The minimum atomic E-state index is -0.130. The number of hydrogen-bond donors (Lipinski definition) is 1. The zero-order valence-electron chi connectivity index (χ0n) is 14.4. The molecule has 0 fully saturated rings. The fourth-order valence-electron chi connectivity index (χ4n) is 2.33. The fraction of sp³-hybridized carbons (Fsp3) is 0.368. The monoisotopic (exact) mass is 344 g/mol. The lowest BCUT2D eigenvalue weighted by atomic mass is 10.2. The van der Waals surface area contributed by atoms with Gasteiger partial charge >= 0.3 is 0 Å². The summed E-state index contributed by atoms with van der Waals surface area (Å²) in [5.41, 5.74) is 0.561. The van der Waals surface area contributed by atoms with Crippen LogP contribution in [0.3, 0.4) is 0 Å². The third-order valence-electron chi connectivity index (χ3n) is 3.66. The van der Waals surface area contributed by atoms with Crippen LogP contribution in [0.1, 0.15) is 23.2 Å². The van der Waals surface area contributed by atoms with Gasteiger partial charge in [0.15, 0.2) is 0 Å². The van der Waals surface area contributed by atoms with Gasteiger partial charge in [-0.05, 0) is 37.1 Å². The van der Waals surface area contributed by atoms with E-state index in [0.29, 0.717) is 37.6 Å². The zero-order chi connectivity index (χ0) is 17.9. The van der Waals surface area contributed by atoms with Crippen molar-refractivity contribution in [1.82, 2.24) is 9.88 Å². The topological polar surface area (TPSA) is 69.6 Å². The van der Waals surface area contributed by atoms with E-state index in [0.717, 1.165) is 12.8 Å². The molecule has 1 N–H and O–H groups in total. The molecule has 0 atom stereocenters. The van der Waals surface area contributed by atoms with Crippen molar-refractivity contribution in [2.45, 2.75) is 19.4 Å². The Bertz CT molecular complexity index is 727. The Morgan fingerprint density at radius 1 is 1.12 bits per heavy atom. The maximum atomic E-state index is 12.2. The van der Waals surface area contributed by atoms with E-state index >= 15 is 0 Å². The third-order valence-corrected chi connectivity index (χ3v) is 3.66. The fourth-order valence-corrected chi connectivity index (χ4v) is 2.33. The number of carbonyl (C=O) groups is 1. The first kappa shape index (κ1) is 18.7. The molecular weight excluding hydrogens is 320 g/mol.